The van der Waals surface area contributed by atoms with E-state index < -0.39 is 0 Å². The second-order valence-electron chi connectivity index (χ2n) is 5.65. The molecule has 5 heteroatoms. The van der Waals surface area contributed by atoms with Crippen molar-refractivity contribution in [1.29, 1.82) is 0 Å². The molecule has 0 bridgehead atoms. The number of aromatic nitrogens is 1. The van der Waals surface area contributed by atoms with Crippen molar-refractivity contribution in [3.05, 3.63) is 59.2 Å². The van der Waals surface area contributed by atoms with Gasteiger partial charge in [0, 0.05) is 24.3 Å². The Hall–Kier alpha value is -2.43. The summed E-state index contributed by atoms with van der Waals surface area (Å²) in [4.78, 5) is 28.6. The highest BCUT2D eigenvalue weighted by Crippen LogP contribution is 2.29. The summed E-state index contributed by atoms with van der Waals surface area (Å²) in [5, 5.41) is 0. The molecule has 0 saturated heterocycles. The molecule has 3 rings (SSSR count). The van der Waals surface area contributed by atoms with Crippen LogP contribution in [0.3, 0.4) is 0 Å². The Morgan fingerprint density at radius 2 is 1.95 bits per heavy atom. The van der Waals surface area contributed by atoms with Crippen LogP contribution in [0.4, 0.5) is 4.39 Å². The molecule has 1 aromatic carbocycles. The molecule has 0 radical (unpaired) electrons. The van der Waals surface area contributed by atoms with E-state index in [1.54, 1.807) is 29.3 Å². The number of halogens is 1. The second kappa shape index (κ2) is 5.75. The van der Waals surface area contributed by atoms with Gasteiger partial charge in [0.1, 0.15) is 11.5 Å². The maximum atomic E-state index is 13.0. The van der Waals surface area contributed by atoms with Crippen LogP contribution in [0, 0.1) is 5.82 Å². The average molecular weight is 300 g/mol. The second-order valence-corrected chi connectivity index (χ2v) is 5.65. The van der Waals surface area contributed by atoms with Gasteiger partial charge in [0.05, 0.1) is 0 Å². The van der Waals surface area contributed by atoms with E-state index in [2.05, 4.69) is 4.98 Å². The van der Waals surface area contributed by atoms with E-state index in [4.69, 9.17) is 0 Å². The molecular formula is C17H17FN2O2. The summed E-state index contributed by atoms with van der Waals surface area (Å²) in [6, 6.07) is 7.98. The van der Waals surface area contributed by atoms with Gasteiger partial charge in [0.25, 0.3) is 5.91 Å². The minimum Gasteiger partial charge on any atom is -0.356 e. The molecule has 114 valence electrons. The Labute approximate surface area is 127 Å². The van der Waals surface area contributed by atoms with E-state index >= 15 is 0 Å². The lowest BCUT2D eigenvalue weighted by Crippen LogP contribution is -2.32. The third-order valence-corrected chi connectivity index (χ3v) is 3.83. The lowest BCUT2D eigenvalue weighted by atomic mass is 10.2. The van der Waals surface area contributed by atoms with Crippen molar-refractivity contribution in [2.24, 2.45) is 0 Å². The van der Waals surface area contributed by atoms with Gasteiger partial charge in [-0.1, -0.05) is 12.1 Å². The third-order valence-electron chi connectivity index (χ3n) is 3.83. The maximum absolute atomic E-state index is 13.0. The van der Waals surface area contributed by atoms with Crippen molar-refractivity contribution in [2.75, 3.05) is 0 Å². The number of carbonyl (C=O) groups excluding carboxylic acids is 2. The molecule has 0 atom stereocenters. The van der Waals surface area contributed by atoms with Crippen molar-refractivity contribution < 1.29 is 14.0 Å². The van der Waals surface area contributed by atoms with Crippen LogP contribution < -0.4 is 0 Å². The lowest BCUT2D eigenvalue weighted by Gasteiger charge is -2.22. The molecule has 1 amide bonds. The number of rotatable bonds is 5. The summed E-state index contributed by atoms with van der Waals surface area (Å²) < 4.78 is 13.0. The number of benzene rings is 1. The van der Waals surface area contributed by atoms with Gasteiger partial charge in [0.2, 0.25) is 0 Å². The van der Waals surface area contributed by atoms with E-state index in [1.807, 2.05) is 0 Å². The predicted octanol–water partition coefficient (Wildman–Crippen LogP) is 3.16. The summed E-state index contributed by atoms with van der Waals surface area (Å²) in [7, 11) is 0. The Kier molecular flexibility index (Phi) is 3.79. The first kappa shape index (κ1) is 14.5. The molecule has 22 heavy (non-hydrogen) atoms. The average Bonchev–Trinajstić information content (AvgIpc) is 3.21. The van der Waals surface area contributed by atoms with Crippen LogP contribution in [0.1, 0.15) is 46.2 Å². The number of nitrogens with zero attached hydrogens (tertiary/aromatic N) is 1. The normalized spacial score (nSPS) is 13.9. The summed E-state index contributed by atoms with van der Waals surface area (Å²) in [5.41, 5.74) is 1.81. The van der Waals surface area contributed by atoms with Crippen molar-refractivity contribution in [3.8, 4) is 0 Å². The first-order valence-corrected chi connectivity index (χ1v) is 7.29. The highest BCUT2D eigenvalue weighted by Gasteiger charge is 2.33. The summed E-state index contributed by atoms with van der Waals surface area (Å²) in [5.74, 6) is -0.491. The first-order chi connectivity index (χ1) is 10.5. The Morgan fingerprint density at radius 1 is 1.27 bits per heavy atom. The van der Waals surface area contributed by atoms with E-state index in [9.17, 15) is 14.0 Å². The Bertz CT molecular complexity index is 702. The minimum absolute atomic E-state index is 0.0770. The molecule has 0 spiro atoms. The van der Waals surface area contributed by atoms with Crippen LogP contribution >= 0.6 is 0 Å². The van der Waals surface area contributed by atoms with Gasteiger partial charge in [-0.15, -0.1) is 0 Å². The maximum Gasteiger partial charge on any atom is 0.270 e. The summed E-state index contributed by atoms with van der Waals surface area (Å²) in [6.45, 7) is 1.91. The molecule has 1 aliphatic carbocycles. The number of carbonyl (C=O) groups is 2. The van der Waals surface area contributed by atoms with Crippen molar-refractivity contribution in [1.82, 2.24) is 9.88 Å². The van der Waals surface area contributed by atoms with E-state index in [-0.39, 0.29) is 23.5 Å². The zero-order valence-corrected chi connectivity index (χ0v) is 12.3. The fourth-order valence-electron chi connectivity index (χ4n) is 2.42. The molecule has 1 fully saturated rings. The first-order valence-electron chi connectivity index (χ1n) is 7.29. The molecule has 1 saturated carbocycles. The number of hydrogen-bond donors (Lipinski definition) is 1. The van der Waals surface area contributed by atoms with Crippen molar-refractivity contribution in [3.63, 3.8) is 0 Å². The van der Waals surface area contributed by atoms with Gasteiger partial charge in [-0.3, -0.25) is 9.59 Å². The molecule has 1 aromatic heterocycles. The molecule has 1 heterocycles. The number of Topliss-reactive ketones (excluding diaryl/α,β-unsaturated/α-hetero) is 1. The topological polar surface area (TPSA) is 53.2 Å². The van der Waals surface area contributed by atoms with Gasteiger partial charge in [-0.2, -0.15) is 0 Å². The fourth-order valence-corrected chi connectivity index (χ4v) is 2.42. The van der Waals surface area contributed by atoms with Crippen LogP contribution in [0.15, 0.2) is 36.5 Å². The van der Waals surface area contributed by atoms with E-state index in [0.717, 1.165) is 18.4 Å². The van der Waals surface area contributed by atoms with E-state index in [0.29, 0.717) is 17.8 Å². The quantitative estimate of drug-likeness (QED) is 0.862. The number of amides is 1. The predicted molar refractivity (Wildman–Crippen MR) is 80.1 cm³/mol. The van der Waals surface area contributed by atoms with Crippen molar-refractivity contribution in [2.45, 2.75) is 32.4 Å². The lowest BCUT2D eigenvalue weighted by molar-refractivity contribution is 0.0724. The van der Waals surface area contributed by atoms with E-state index in [1.165, 1.54) is 19.1 Å². The monoisotopic (exact) mass is 300 g/mol. The molecule has 1 N–H and O–H groups in total. The van der Waals surface area contributed by atoms with Gasteiger partial charge in [0.15, 0.2) is 5.78 Å². The van der Waals surface area contributed by atoms with Gasteiger partial charge < -0.3 is 9.88 Å². The number of aromatic amines is 1. The molecule has 0 unspecified atom stereocenters. The molecule has 2 aromatic rings. The highest BCUT2D eigenvalue weighted by atomic mass is 19.1. The smallest absolute Gasteiger partial charge is 0.270 e. The highest BCUT2D eigenvalue weighted by molar-refractivity contribution is 5.99. The number of nitrogens with one attached hydrogen (secondary N) is 1. The third kappa shape index (κ3) is 3.08. The van der Waals surface area contributed by atoms with Crippen LogP contribution in [0.25, 0.3) is 0 Å². The minimum atomic E-state index is -0.288. The molecule has 0 aliphatic heterocycles. The zero-order valence-electron chi connectivity index (χ0n) is 12.3. The molecule has 4 nitrogen and oxygen atoms in total. The van der Waals surface area contributed by atoms with Crippen LogP contribution in [0.5, 0.6) is 0 Å². The number of H-pyrrole nitrogens is 1. The van der Waals surface area contributed by atoms with Gasteiger partial charge >= 0.3 is 0 Å². The summed E-state index contributed by atoms with van der Waals surface area (Å²) in [6.07, 6.45) is 3.51. The van der Waals surface area contributed by atoms with Crippen LogP contribution in [-0.2, 0) is 6.54 Å². The largest absolute Gasteiger partial charge is 0.356 e. The van der Waals surface area contributed by atoms with Crippen LogP contribution in [0.2, 0.25) is 0 Å². The summed E-state index contributed by atoms with van der Waals surface area (Å²) >= 11 is 0. The van der Waals surface area contributed by atoms with Gasteiger partial charge in [-0.25, -0.2) is 4.39 Å². The zero-order chi connectivity index (χ0) is 15.7. The molecular weight excluding hydrogens is 283 g/mol. The molecule has 1 aliphatic rings. The standard InChI is InChI=1S/C17H17FN2O2/c1-11(21)13-8-16(19-9-13)17(22)20(15-6-7-15)10-12-2-4-14(18)5-3-12/h2-5,8-9,15,19H,6-7,10H2,1H3. The Balaban J connectivity index is 1.79. The van der Waals surface area contributed by atoms with Crippen LogP contribution in [-0.4, -0.2) is 27.6 Å². The van der Waals surface area contributed by atoms with Crippen molar-refractivity contribution >= 4 is 11.7 Å². The Morgan fingerprint density at radius 3 is 2.50 bits per heavy atom. The SMILES string of the molecule is CC(=O)c1c[nH]c(C(=O)N(Cc2ccc(F)cc2)C2CC2)c1. The van der Waals surface area contributed by atoms with Gasteiger partial charge in [-0.05, 0) is 43.5 Å². The number of ketones is 1. The fraction of sp³-hybridized carbons (Fsp3) is 0.294. The number of hydrogen-bond acceptors (Lipinski definition) is 2.